The highest BCUT2D eigenvalue weighted by molar-refractivity contribution is 5.74. The number of carbonyl (C=O) groups is 5. The molecule has 0 spiro atoms. The monoisotopic (exact) mass is 1740 g/mol. The van der Waals surface area contributed by atoms with Crippen molar-refractivity contribution in [2.75, 3.05) is 72.7 Å². The third kappa shape index (κ3) is 22.5. The summed E-state index contributed by atoms with van der Waals surface area (Å²) in [5, 5.41) is 290. The van der Waals surface area contributed by atoms with Gasteiger partial charge in [0, 0.05) is 27.7 Å². The van der Waals surface area contributed by atoms with Crippen molar-refractivity contribution in [3.63, 3.8) is 0 Å². The summed E-state index contributed by atoms with van der Waals surface area (Å²) >= 11 is 0. The molecule has 119 heavy (non-hydrogen) atoms. The third-order valence-electron chi connectivity index (χ3n) is 21.3. The van der Waals surface area contributed by atoms with Crippen molar-refractivity contribution in [3.05, 3.63) is 0 Å². The largest absolute Gasteiger partial charge is 0.394 e. The molecular weight excluding hydrogens is 1630 g/mol. The normalized spacial score (nSPS) is 46.9. The number of hydrogen-bond acceptors (Lipinski definition) is 48. The summed E-state index contributed by atoms with van der Waals surface area (Å²) in [6, 6.07) is -8.62. The van der Waals surface area contributed by atoms with Gasteiger partial charge in [-0.3, -0.25) is 24.0 Å². The van der Waals surface area contributed by atoms with Gasteiger partial charge in [-0.15, -0.1) is 0 Å². The molecule has 0 aromatic carbocycles. The van der Waals surface area contributed by atoms with Crippen molar-refractivity contribution < 1.29 is 237 Å². The summed E-state index contributed by atoms with van der Waals surface area (Å²) in [6.07, 6.45) is -83.8. The molecule has 0 radical (unpaired) electrons. The number of aliphatic hydroxyl groups excluding tert-OH is 25. The van der Waals surface area contributed by atoms with Crippen LogP contribution in [0.1, 0.15) is 27.7 Å². The van der Waals surface area contributed by atoms with E-state index >= 15 is 0 Å². The van der Waals surface area contributed by atoms with Gasteiger partial charge in [0.15, 0.2) is 56.6 Å². The van der Waals surface area contributed by atoms with Gasteiger partial charge in [0.2, 0.25) is 30.0 Å². The molecule has 688 valence electrons. The van der Waals surface area contributed by atoms with Crippen molar-refractivity contribution >= 4 is 30.0 Å². The molecule has 9 aliphatic rings. The molecule has 0 aliphatic carbocycles. The van der Waals surface area contributed by atoms with Crippen LogP contribution < -0.4 is 26.6 Å². The maximum Gasteiger partial charge on any atom is 0.217 e. The van der Waals surface area contributed by atoms with Crippen molar-refractivity contribution in [3.8, 4) is 0 Å². The first-order valence-electron chi connectivity index (χ1n) is 37.8. The standard InChI is InChI=1S/C66H111N5O48/c1-17(82)68-31-40(91)35(86)22(6-73)104-59(31)117-55-37(88)24(8-75)106-64(48(55)99)114-52-27(11-78)110-61(34(42(52)93)71-20(4)85)119-57-39(90)30(15-103-58-32(69-18(2)83)41(92)51(26(10-77)108-58)113-63-46(97)44(95)36(87)23(7-74)105-63)112-66(50(57)101)115-53-28(12-79)109-60(33(43(53)94)70-19(3)84)118-56-38(89)25(9-76)107-65(49(56)100)116-54-29(13-80)111-62(47(98)45(54)96)102-14-21(5-72)67-16-81/h16,21-66,72-80,86-101H,5-15H2,1-4H3,(H,67,81)(H,68,82)(H,69,83)(H,70,84)(H,71,85)/t21-,22-,23-,24-,25-,26-,27-,28-,29-,30-,31-,32-,33-,34-,35-,36+,37+,38+,39+,40-,41-,42-,43-,44+,45-,46-,47-,48-,49-,50-,51-,52-,53-,54-,55+,56+,57+,58-,59+,60+,61+,62-,63+,64+,65+,66+/m1/s1. The maximum atomic E-state index is 13.2. The zero-order valence-electron chi connectivity index (χ0n) is 64.0. The molecule has 0 saturated carbocycles. The average molecular weight is 1740 g/mol. The predicted octanol–water partition coefficient (Wildman–Crippen LogP) is -20.9. The topological polar surface area (TPSA) is 817 Å². The lowest BCUT2D eigenvalue weighted by atomic mass is 9.93. The van der Waals surface area contributed by atoms with E-state index in [0.29, 0.717) is 0 Å². The molecule has 53 nitrogen and oxygen atoms in total. The lowest BCUT2D eigenvalue weighted by Gasteiger charge is -2.51. The Morgan fingerprint density at radius 1 is 0.277 bits per heavy atom. The fraction of sp³-hybridized carbons (Fsp3) is 0.924. The van der Waals surface area contributed by atoms with E-state index in [0.717, 1.165) is 27.7 Å². The van der Waals surface area contributed by atoms with Crippen LogP contribution in [0.15, 0.2) is 0 Å². The van der Waals surface area contributed by atoms with E-state index in [4.69, 9.17) is 85.3 Å². The highest BCUT2D eigenvalue weighted by Gasteiger charge is 2.61. The van der Waals surface area contributed by atoms with Crippen LogP contribution in [0.3, 0.4) is 0 Å². The Hall–Kier alpha value is -4.37. The fourth-order valence-corrected chi connectivity index (χ4v) is 15.1. The van der Waals surface area contributed by atoms with Gasteiger partial charge < -0.3 is 240 Å². The van der Waals surface area contributed by atoms with Gasteiger partial charge in [0.25, 0.3) is 0 Å². The zero-order chi connectivity index (χ0) is 87.6. The van der Waals surface area contributed by atoms with Crippen LogP contribution in [-0.2, 0) is 109 Å². The summed E-state index contributed by atoms with van der Waals surface area (Å²) in [5.74, 6) is -3.73. The van der Waals surface area contributed by atoms with E-state index in [-0.39, 0.29) is 6.41 Å². The Morgan fingerprint density at radius 2 is 0.538 bits per heavy atom. The van der Waals surface area contributed by atoms with Gasteiger partial charge >= 0.3 is 0 Å². The molecule has 53 heteroatoms. The number of aliphatic hydroxyl groups is 25. The SMILES string of the molecule is CC(=O)N[C@H]1[C@H](OC[C@H]2O[C@@H](O[C@H]3[C@H](O)[C@@H](NC(C)=O)[C@H](O[C@H]4[C@@H](O)[C@@H](CO)O[C@@H](O[C@H]5[C@H](O)[C@@H](O)[C@H](OC[C@@H](CO)NC=O)O[C@@H]5CO)[C@@H]4O)O[C@@H]3CO)[C@H](O)[C@@H](O[C@@H]3O[C@H](CO)[C@@H](O[C@@H]4O[C@H](CO)[C@H](O)[C@H](O[C@@H]5O[C@H](CO)[C@@H](O)[C@H](O)[C@H]5NC(C)=O)[C@H]4O)[C@H](O)[C@H]3NC(C)=O)[C@H]2O)O[C@H](CO)[C@@H](O[C@@H]2O[C@H](CO)[C@H](O)[C@H](O)[C@H]2O)[C@@H]1O. The number of hydrogen-bond donors (Lipinski definition) is 30. The quantitative estimate of drug-likeness (QED) is 0.0262. The summed E-state index contributed by atoms with van der Waals surface area (Å²) in [6.45, 7) is -7.13. The predicted molar refractivity (Wildman–Crippen MR) is 367 cm³/mol. The molecule has 0 aromatic heterocycles. The summed E-state index contributed by atoms with van der Waals surface area (Å²) in [7, 11) is 0. The molecule has 9 saturated heterocycles. The highest BCUT2D eigenvalue weighted by Crippen LogP contribution is 2.40. The lowest BCUT2D eigenvalue weighted by molar-refractivity contribution is -0.390. The second kappa shape index (κ2) is 44.2. The minimum atomic E-state index is -2.54. The van der Waals surface area contributed by atoms with Crippen molar-refractivity contribution in [1.82, 2.24) is 26.6 Å². The second-order valence-corrected chi connectivity index (χ2v) is 29.6. The van der Waals surface area contributed by atoms with Crippen LogP contribution in [0, 0.1) is 0 Å². The number of carbonyl (C=O) groups excluding carboxylic acids is 5. The van der Waals surface area contributed by atoms with Crippen molar-refractivity contribution in [1.29, 1.82) is 0 Å². The van der Waals surface area contributed by atoms with Crippen molar-refractivity contribution in [2.45, 2.75) is 310 Å². The summed E-state index contributed by atoms with van der Waals surface area (Å²) in [4.78, 5) is 62.6. The number of ether oxygens (including phenoxy) is 18. The van der Waals surface area contributed by atoms with E-state index in [9.17, 15) is 152 Å². The molecule has 0 unspecified atom stereocenters. The molecule has 9 fully saturated rings. The first-order valence-corrected chi connectivity index (χ1v) is 37.8. The molecule has 5 amide bonds. The first kappa shape index (κ1) is 98.4. The van der Waals surface area contributed by atoms with Gasteiger partial charge in [-0.25, -0.2) is 0 Å². The van der Waals surface area contributed by atoms with Gasteiger partial charge in [0.1, 0.15) is 219 Å². The highest BCUT2D eigenvalue weighted by atomic mass is 16.8. The van der Waals surface area contributed by atoms with Crippen LogP contribution in [0.5, 0.6) is 0 Å². The molecule has 9 rings (SSSR count). The molecule has 0 bridgehead atoms. The lowest BCUT2D eigenvalue weighted by Crippen LogP contribution is -2.71. The van der Waals surface area contributed by atoms with E-state index in [1.54, 1.807) is 0 Å². The zero-order valence-corrected chi connectivity index (χ0v) is 64.0. The molecular formula is C66H111N5O48. The van der Waals surface area contributed by atoms with Gasteiger partial charge in [-0.2, -0.15) is 0 Å². The molecule has 9 aliphatic heterocycles. The smallest absolute Gasteiger partial charge is 0.217 e. The van der Waals surface area contributed by atoms with Crippen LogP contribution in [0.25, 0.3) is 0 Å². The number of nitrogens with one attached hydrogen (secondary N) is 5. The minimum absolute atomic E-state index is 0.244. The van der Waals surface area contributed by atoms with Crippen LogP contribution in [0.4, 0.5) is 0 Å². The minimum Gasteiger partial charge on any atom is -0.394 e. The summed E-state index contributed by atoms with van der Waals surface area (Å²) < 4.78 is 106. The third-order valence-corrected chi connectivity index (χ3v) is 21.3. The van der Waals surface area contributed by atoms with E-state index in [2.05, 4.69) is 26.6 Å². The fourth-order valence-electron chi connectivity index (χ4n) is 15.1. The van der Waals surface area contributed by atoms with Gasteiger partial charge in [-0.05, 0) is 0 Å². The second-order valence-electron chi connectivity index (χ2n) is 29.6. The van der Waals surface area contributed by atoms with Gasteiger partial charge in [-0.1, -0.05) is 0 Å². The number of amides is 5. The van der Waals surface area contributed by atoms with Crippen LogP contribution in [0.2, 0.25) is 0 Å². The average Bonchev–Trinajstić information content (AvgIpc) is 0.744. The Balaban J connectivity index is 1.00. The van der Waals surface area contributed by atoms with Crippen molar-refractivity contribution in [2.24, 2.45) is 0 Å². The van der Waals surface area contributed by atoms with Gasteiger partial charge in [0.05, 0.1) is 78.7 Å². The first-order chi connectivity index (χ1) is 56.5. The Morgan fingerprint density at radius 3 is 0.882 bits per heavy atom. The Kier molecular flexibility index (Phi) is 36.5. The molecule has 30 N–H and O–H groups in total. The Labute approximate surface area is 674 Å². The molecule has 9 heterocycles. The van der Waals surface area contributed by atoms with Crippen LogP contribution >= 0.6 is 0 Å². The van der Waals surface area contributed by atoms with E-state index in [1.165, 1.54) is 0 Å². The van der Waals surface area contributed by atoms with Crippen LogP contribution in [-0.4, -0.2) is 513 Å². The van der Waals surface area contributed by atoms with E-state index in [1.807, 2.05) is 0 Å². The number of rotatable bonds is 35. The Bertz CT molecular complexity index is 3160. The summed E-state index contributed by atoms with van der Waals surface area (Å²) in [5.41, 5.74) is 0. The molecule has 46 atom stereocenters. The maximum absolute atomic E-state index is 13.2. The molecule has 0 aromatic rings. The van der Waals surface area contributed by atoms with E-state index < -0.39 is 378 Å².